The van der Waals surface area contributed by atoms with E-state index in [4.69, 9.17) is 49.8 Å². The van der Waals surface area contributed by atoms with E-state index in [0.717, 1.165) is 261 Å². The summed E-state index contributed by atoms with van der Waals surface area (Å²) in [5, 5.41) is 21.3. The van der Waals surface area contributed by atoms with Gasteiger partial charge in [-0.15, -0.1) is 0 Å². The molecule has 0 bridgehead atoms. The van der Waals surface area contributed by atoms with E-state index in [0.29, 0.717) is 0 Å². The van der Waals surface area contributed by atoms with Crippen molar-refractivity contribution in [2.45, 2.75) is 227 Å². The van der Waals surface area contributed by atoms with E-state index in [2.05, 4.69) is 93.5 Å². The van der Waals surface area contributed by atoms with Gasteiger partial charge in [-0.3, -0.25) is 24.9 Å². The van der Waals surface area contributed by atoms with Gasteiger partial charge in [-0.1, -0.05) is 159 Å². The number of aryl methyl sites for hydroxylation is 10. The molecule has 0 saturated heterocycles. The molecule has 5 aliphatic rings. The third kappa shape index (κ3) is 22.3. The third-order valence-electron chi connectivity index (χ3n) is 28.0. The Morgan fingerprint density at radius 3 is 0.679 bits per heavy atom. The summed E-state index contributed by atoms with van der Waals surface area (Å²) in [4.78, 5) is 87.5. The van der Waals surface area contributed by atoms with Gasteiger partial charge in [0.1, 0.15) is 60.8 Å². The number of hydrogen-bond donors (Lipinski definition) is 5. The zero-order valence-electron chi connectivity index (χ0n) is 80.5. The quantitative estimate of drug-likeness (QED) is 0.0314. The SMILES string of the molecule is Cc1cccc(-c2[nH]c(CCC3CC3)nc2-c2ccc3ncnn3c2)n1.Cc1cccc(-c2[nH]c(CCC3CCCC3)nc2-c2ccc3ncnn3c2)n1.Cc1cccc(-c2[nH]c(CCC3CCCCC3)nc2-c2ccc3ncnn3c2)n1.Cc1cccc(-c2[nH]c(CCC3CCCCCC3)nc2-c2ccc3ncnn3c2)n1.Cc1cccc(-c2[nH]c(CCCC3CC3)nc2-c2ccc3ncnn3c2)n1. The maximum absolute atomic E-state index is 5.03. The van der Waals surface area contributed by atoms with Crippen molar-refractivity contribution in [2.75, 3.05) is 0 Å². The van der Waals surface area contributed by atoms with Gasteiger partial charge in [0.2, 0.25) is 0 Å². The molecule has 0 amide bonds. The van der Waals surface area contributed by atoms with Crippen LogP contribution in [0.15, 0.2) is 214 Å². The van der Waals surface area contributed by atoms with Gasteiger partial charge < -0.3 is 24.9 Å². The molecular formula is C110H120N30. The van der Waals surface area contributed by atoms with Crippen LogP contribution >= 0.6 is 0 Å². The Balaban J connectivity index is 0.000000104. The van der Waals surface area contributed by atoms with Crippen molar-refractivity contribution in [1.29, 1.82) is 0 Å². The van der Waals surface area contributed by atoms with Crippen LogP contribution in [0.25, 0.3) is 141 Å². The molecule has 20 heterocycles. The zero-order valence-corrected chi connectivity index (χ0v) is 80.5. The van der Waals surface area contributed by atoms with E-state index < -0.39 is 0 Å². The molecule has 30 heteroatoms. The van der Waals surface area contributed by atoms with Crippen molar-refractivity contribution >= 4 is 28.2 Å². The lowest BCUT2D eigenvalue weighted by molar-refractivity contribution is 0.337. The summed E-state index contributed by atoms with van der Waals surface area (Å²) in [6.07, 6.45) is 56.2. The lowest BCUT2D eigenvalue weighted by Crippen LogP contribution is -2.07. The first-order valence-corrected chi connectivity index (χ1v) is 50.4. The minimum atomic E-state index is 0.827. The number of pyridine rings is 10. The van der Waals surface area contributed by atoms with Crippen molar-refractivity contribution in [3.8, 4) is 113 Å². The molecule has 0 aromatic carbocycles. The Hall–Kier alpha value is -15.1. The van der Waals surface area contributed by atoms with Gasteiger partial charge in [0.25, 0.3) is 0 Å². The van der Waals surface area contributed by atoms with E-state index >= 15 is 0 Å². The number of imidazole rings is 5. The van der Waals surface area contributed by atoms with E-state index in [1.54, 1.807) is 54.2 Å². The van der Waals surface area contributed by atoms with Gasteiger partial charge in [0.15, 0.2) is 28.2 Å². The average molecular weight is 1860 g/mol. The monoisotopic (exact) mass is 1860 g/mol. The van der Waals surface area contributed by atoms with E-state index in [1.165, 1.54) is 161 Å². The minimum absolute atomic E-state index is 0.827. The van der Waals surface area contributed by atoms with Crippen LogP contribution in [-0.4, -0.2) is 148 Å². The highest BCUT2D eigenvalue weighted by Crippen LogP contribution is 2.41. The Morgan fingerprint density at radius 1 is 0.229 bits per heavy atom. The summed E-state index contributed by atoms with van der Waals surface area (Å²) in [7, 11) is 0. The van der Waals surface area contributed by atoms with Crippen molar-refractivity contribution in [1.82, 2.24) is 148 Å². The number of aromatic amines is 5. The van der Waals surface area contributed by atoms with E-state index in [-0.39, 0.29) is 0 Å². The van der Waals surface area contributed by atoms with Gasteiger partial charge >= 0.3 is 0 Å². The van der Waals surface area contributed by atoms with Crippen LogP contribution in [0.1, 0.15) is 218 Å². The highest BCUT2D eigenvalue weighted by atomic mass is 15.3. The van der Waals surface area contributed by atoms with Crippen LogP contribution < -0.4 is 0 Å². The van der Waals surface area contributed by atoms with Crippen LogP contribution in [-0.2, 0) is 32.1 Å². The van der Waals surface area contributed by atoms with Gasteiger partial charge in [0.05, 0.1) is 85.4 Å². The largest absolute Gasteiger partial charge is 0.340 e. The second kappa shape index (κ2) is 42.5. The lowest BCUT2D eigenvalue weighted by Gasteiger charge is -2.20. The fourth-order valence-corrected chi connectivity index (χ4v) is 20.0. The standard InChI is InChI=1S/C24H28N6.C23H26N6.C22H24N6.C21H22N6.C20H20N6/c1-17-7-6-10-20(27-17)24-23(19-12-14-22-25-16-26-30(22)15-19)28-21(29-24)13-11-18-8-4-2-3-5-9-18;1-16-6-5-9-19(26-16)23-22(18-11-13-21-24-15-25-29(21)14-18)27-20(28-23)12-10-17-7-3-2-4-8-17;1-15-5-4-8-18(25-15)22-21(17-10-12-20-23-14-24-28(20)13-17)26-19(27-22)11-9-16-6-2-3-7-16;1-14-4-2-6-17(24-14)21-20(16-10-11-19-22-13-23-27(19)12-16)25-18(26-21)7-3-5-15-8-9-15;1-13-3-2-4-16(23-13)20-19(24-17(25-20)9-7-14-5-6-14)15-8-10-18-21-12-22-26(18)11-15/h6-7,10,12,14-16,18H,2-5,8-9,11,13H2,1H3,(H,28,29);5-6,9,11,13-15,17H,2-4,7-8,10,12H2,1H3,(H,27,28);4-5,8,10,12-14,16H,2-3,6-7,9,11H2,1H3,(H,26,27);2,4,6,10-13,15H,3,5,7-9H2,1H3,(H,25,26);2-4,8,10-12,14H,5-7,9H2,1H3,(H,24,25). The summed E-state index contributed by atoms with van der Waals surface area (Å²) in [6.45, 7) is 10.1. The second-order valence-electron chi connectivity index (χ2n) is 38.7. The normalized spacial score (nSPS) is 14.8. The average Bonchev–Trinajstić information content (AvgIpc) is 1.65. The van der Waals surface area contributed by atoms with Crippen LogP contribution in [0.5, 0.6) is 0 Å². The minimum Gasteiger partial charge on any atom is -0.340 e. The molecule has 710 valence electrons. The molecule has 5 fully saturated rings. The van der Waals surface area contributed by atoms with E-state index in [1.807, 2.05) is 199 Å². The van der Waals surface area contributed by atoms with Gasteiger partial charge in [-0.25, -0.2) is 72.4 Å². The van der Waals surface area contributed by atoms with Gasteiger partial charge in [-0.2, -0.15) is 25.5 Å². The van der Waals surface area contributed by atoms with E-state index in [9.17, 15) is 0 Å². The van der Waals surface area contributed by atoms with Crippen LogP contribution in [0, 0.1) is 64.2 Å². The first-order chi connectivity index (χ1) is 68.8. The Labute approximate surface area is 813 Å². The highest BCUT2D eigenvalue weighted by molar-refractivity contribution is 5.82. The number of fused-ring (bicyclic) bond motifs is 5. The predicted molar refractivity (Wildman–Crippen MR) is 544 cm³/mol. The fraction of sp³-hybridized carbons (Fsp3) is 0.364. The summed E-state index contributed by atoms with van der Waals surface area (Å²) in [5.41, 5.74) is 28.3. The molecule has 20 aromatic rings. The molecule has 20 aromatic heterocycles. The molecule has 140 heavy (non-hydrogen) atoms. The summed E-state index contributed by atoms with van der Waals surface area (Å²) < 4.78 is 8.93. The van der Waals surface area contributed by atoms with Crippen molar-refractivity contribution in [2.24, 2.45) is 29.6 Å². The molecule has 0 aliphatic heterocycles. The lowest BCUT2D eigenvalue weighted by atomic mass is 9.86. The van der Waals surface area contributed by atoms with Crippen LogP contribution in [0.2, 0.25) is 0 Å². The Bertz CT molecular complexity index is 7580. The first kappa shape index (κ1) is 91.3. The topological polar surface area (TPSA) is 359 Å². The number of H-pyrrole nitrogens is 5. The highest BCUT2D eigenvalue weighted by Gasteiger charge is 2.28. The number of nitrogens with zero attached hydrogens (tertiary/aromatic N) is 25. The van der Waals surface area contributed by atoms with Crippen molar-refractivity contribution in [3.05, 3.63) is 272 Å². The Morgan fingerprint density at radius 2 is 0.443 bits per heavy atom. The molecular weight excluding hydrogens is 1740 g/mol. The van der Waals surface area contributed by atoms with Crippen molar-refractivity contribution < 1.29 is 0 Å². The van der Waals surface area contributed by atoms with Gasteiger partial charge in [-0.05, 0) is 218 Å². The maximum atomic E-state index is 5.03. The number of nitrogens with one attached hydrogen (secondary N) is 5. The summed E-state index contributed by atoms with van der Waals surface area (Å²) in [5.74, 6) is 9.54. The summed E-state index contributed by atoms with van der Waals surface area (Å²) >= 11 is 0. The summed E-state index contributed by atoms with van der Waals surface area (Å²) in [6, 6.07) is 50.6. The molecule has 25 rings (SSSR count). The molecule has 5 N–H and O–H groups in total. The van der Waals surface area contributed by atoms with Gasteiger partial charge in [0, 0.05) is 119 Å². The van der Waals surface area contributed by atoms with Crippen LogP contribution in [0.4, 0.5) is 0 Å². The van der Waals surface area contributed by atoms with Crippen LogP contribution in [0.3, 0.4) is 0 Å². The molecule has 0 radical (unpaired) electrons. The Kier molecular flexibility index (Phi) is 27.7. The molecule has 0 spiro atoms. The molecule has 0 atom stereocenters. The fourth-order valence-electron chi connectivity index (χ4n) is 20.0. The molecule has 5 aliphatic carbocycles. The second-order valence-corrected chi connectivity index (χ2v) is 38.7. The predicted octanol–water partition coefficient (Wildman–Crippen LogP) is 23.1. The molecule has 0 unspecified atom stereocenters. The van der Waals surface area contributed by atoms with Crippen molar-refractivity contribution in [3.63, 3.8) is 0 Å². The number of rotatable bonds is 26. The first-order valence-electron chi connectivity index (χ1n) is 50.4. The number of aromatic nitrogens is 30. The maximum Gasteiger partial charge on any atom is 0.155 e. The molecule has 30 nitrogen and oxygen atoms in total. The number of hydrogen-bond acceptors (Lipinski definition) is 20. The molecule has 5 saturated carbocycles. The smallest absolute Gasteiger partial charge is 0.155 e. The third-order valence-corrected chi connectivity index (χ3v) is 28.0. The zero-order chi connectivity index (χ0) is 94.6.